The molecule has 0 amide bonds. The zero-order valence-electron chi connectivity index (χ0n) is 9.45. The number of hydrogen-bond acceptors (Lipinski definition) is 2. The van der Waals surface area contributed by atoms with Gasteiger partial charge in [-0.3, -0.25) is 0 Å². The van der Waals surface area contributed by atoms with Crippen LogP contribution >= 0.6 is 15.9 Å². The van der Waals surface area contributed by atoms with E-state index >= 15 is 0 Å². The van der Waals surface area contributed by atoms with Crippen LogP contribution in [0.2, 0.25) is 0 Å². The van der Waals surface area contributed by atoms with Gasteiger partial charge >= 0.3 is 0 Å². The molecule has 0 atom stereocenters. The van der Waals surface area contributed by atoms with Gasteiger partial charge in [0.2, 0.25) is 0 Å². The number of halogens is 1. The van der Waals surface area contributed by atoms with Crippen molar-refractivity contribution < 1.29 is 10.2 Å². The summed E-state index contributed by atoms with van der Waals surface area (Å²) in [5.74, 6) is 0.295. The van der Waals surface area contributed by atoms with E-state index in [9.17, 15) is 10.2 Å². The molecule has 0 aliphatic carbocycles. The van der Waals surface area contributed by atoms with Gasteiger partial charge in [0.25, 0.3) is 0 Å². The molecule has 16 heavy (non-hydrogen) atoms. The first-order valence-corrected chi connectivity index (χ1v) is 6.92. The minimum absolute atomic E-state index is 0.147. The normalized spacial score (nSPS) is 10.6. The molecule has 0 radical (unpaired) electrons. The smallest absolute Gasteiger partial charge is 0.119 e. The van der Waals surface area contributed by atoms with Crippen LogP contribution in [-0.2, 0) is 6.42 Å². The minimum atomic E-state index is 0.147. The van der Waals surface area contributed by atoms with Crippen LogP contribution in [0.4, 0.5) is 0 Å². The summed E-state index contributed by atoms with van der Waals surface area (Å²) in [6, 6.07) is 4.80. The molecule has 90 valence electrons. The third kappa shape index (κ3) is 5.40. The van der Waals surface area contributed by atoms with E-state index in [0.717, 1.165) is 23.7 Å². The van der Waals surface area contributed by atoms with Crippen LogP contribution in [0, 0.1) is 0 Å². The van der Waals surface area contributed by atoms with E-state index in [4.69, 9.17) is 0 Å². The number of hydrogen-bond donors (Lipinski definition) is 2. The highest BCUT2D eigenvalue weighted by molar-refractivity contribution is 9.09. The largest absolute Gasteiger partial charge is 0.508 e. The molecule has 0 aromatic heterocycles. The molecule has 1 aromatic rings. The fourth-order valence-electron chi connectivity index (χ4n) is 1.75. The van der Waals surface area contributed by atoms with Gasteiger partial charge in [-0.15, -0.1) is 0 Å². The average molecular weight is 287 g/mol. The fraction of sp³-hybridized carbons (Fsp3) is 0.538. The maximum absolute atomic E-state index is 9.30. The van der Waals surface area contributed by atoms with Crippen molar-refractivity contribution >= 4 is 15.9 Å². The first kappa shape index (κ1) is 13.4. The second kappa shape index (κ2) is 7.55. The zero-order chi connectivity index (χ0) is 11.8. The molecule has 2 N–H and O–H groups in total. The Morgan fingerprint density at radius 1 is 0.812 bits per heavy atom. The summed E-state index contributed by atoms with van der Waals surface area (Å²) in [7, 11) is 0. The van der Waals surface area contributed by atoms with Gasteiger partial charge in [0.05, 0.1) is 0 Å². The van der Waals surface area contributed by atoms with Crippen molar-refractivity contribution in [3.05, 3.63) is 23.8 Å². The summed E-state index contributed by atoms with van der Waals surface area (Å²) in [6.07, 6.45) is 7.03. The molecular weight excluding hydrogens is 268 g/mol. The van der Waals surface area contributed by atoms with E-state index < -0.39 is 0 Å². The Kier molecular flexibility index (Phi) is 6.31. The number of alkyl halides is 1. The first-order chi connectivity index (χ1) is 7.72. The lowest BCUT2D eigenvalue weighted by Gasteiger charge is -2.03. The lowest BCUT2D eigenvalue weighted by Crippen LogP contribution is -1.86. The molecule has 0 saturated carbocycles. The Bertz CT molecular complexity index is 293. The van der Waals surface area contributed by atoms with Crippen LogP contribution in [0.25, 0.3) is 0 Å². The summed E-state index contributed by atoms with van der Waals surface area (Å²) in [4.78, 5) is 0. The van der Waals surface area contributed by atoms with Crippen LogP contribution in [0.3, 0.4) is 0 Å². The Morgan fingerprint density at radius 2 is 1.38 bits per heavy atom. The Morgan fingerprint density at radius 3 is 2.00 bits per heavy atom. The molecule has 1 aromatic carbocycles. The lowest BCUT2D eigenvalue weighted by atomic mass is 10.1. The molecule has 2 nitrogen and oxygen atoms in total. The van der Waals surface area contributed by atoms with Crippen molar-refractivity contribution in [2.24, 2.45) is 0 Å². The second-order valence-corrected chi connectivity index (χ2v) is 4.86. The Balaban J connectivity index is 2.21. The summed E-state index contributed by atoms with van der Waals surface area (Å²) in [6.45, 7) is 0. The van der Waals surface area contributed by atoms with Gasteiger partial charge in [-0.1, -0.05) is 35.2 Å². The van der Waals surface area contributed by atoms with Crippen molar-refractivity contribution in [1.29, 1.82) is 0 Å². The molecule has 0 unspecified atom stereocenters. The maximum Gasteiger partial charge on any atom is 0.119 e. The SMILES string of the molecule is Oc1cc(O)cc(CCCCCCCBr)c1. The minimum Gasteiger partial charge on any atom is -0.508 e. The Labute approximate surface area is 105 Å². The zero-order valence-corrected chi connectivity index (χ0v) is 11.0. The molecule has 0 fully saturated rings. The van der Waals surface area contributed by atoms with Crippen molar-refractivity contribution in [1.82, 2.24) is 0 Å². The van der Waals surface area contributed by atoms with Crippen molar-refractivity contribution in [3.63, 3.8) is 0 Å². The van der Waals surface area contributed by atoms with Gasteiger partial charge in [0.15, 0.2) is 0 Å². The third-order valence-corrected chi connectivity index (χ3v) is 3.12. The molecule has 0 saturated heterocycles. The van der Waals surface area contributed by atoms with E-state index in [1.54, 1.807) is 12.1 Å². The highest BCUT2D eigenvalue weighted by atomic mass is 79.9. The topological polar surface area (TPSA) is 40.5 Å². The molecule has 0 aliphatic heterocycles. The second-order valence-electron chi connectivity index (χ2n) is 4.06. The van der Waals surface area contributed by atoms with Gasteiger partial charge in [0, 0.05) is 11.4 Å². The molecule has 3 heteroatoms. The number of benzene rings is 1. The summed E-state index contributed by atoms with van der Waals surface area (Å²) in [5.41, 5.74) is 1.01. The van der Waals surface area contributed by atoms with Crippen LogP contribution < -0.4 is 0 Å². The third-order valence-electron chi connectivity index (χ3n) is 2.56. The standard InChI is InChI=1S/C13H19BrO2/c14-7-5-3-1-2-4-6-11-8-12(15)10-13(16)9-11/h8-10,15-16H,1-7H2. The van der Waals surface area contributed by atoms with Gasteiger partial charge in [-0.05, 0) is 37.0 Å². The Hall–Kier alpha value is -0.700. The van der Waals surface area contributed by atoms with E-state index in [0.29, 0.717) is 0 Å². The van der Waals surface area contributed by atoms with Crippen LogP contribution in [-0.4, -0.2) is 15.5 Å². The van der Waals surface area contributed by atoms with E-state index in [-0.39, 0.29) is 11.5 Å². The van der Waals surface area contributed by atoms with Crippen LogP contribution in [0.5, 0.6) is 11.5 Å². The van der Waals surface area contributed by atoms with Gasteiger partial charge < -0.3 is 10.2 Å². The van der Waals surface area contributed by atoms with Gasteiger partial charge in [0.1, 0.15) is 11.5 Å². The predicted octanol–water partition coefficient (Wildman–Crippen LogP) is 3.99. The van der Waals surface area contributed by atoms with Crippen LogP contribution in [0.1, 0.15) is 37.7 Å². The number of phenols is 2. The predicted molar refractivity (Wildman–Crippen MR) is 70.4 cm³/mol. The molecule has 0 spiro atoms. The quantitative estimate of drug-likeness (QED) is 0.588. The number of phenolic OH excluding ortho intramolecular Hbond substituents is 2. The number of unbranched alkanes of at least 4 members (excludes halogenated alkanes) is 4. The fourth-order valence-corrected chi connectivity index (χ4v) is 2.15. The molecule has 0 heterocycles. The average Bonchev–Trinajstić information content (AvgIpc) is 2.22. The molecule has 0 aliphatic rings. The van der Waals surface area contributed by atoms with Crippen LogP contribution in [0.15, 0.2) is 18.2 Å². The van der Waals surface area contributed by atoms with E-state index in [1.165, 1.54) is 31.7 Å². The van der Waals surface area contributed by atoms with Crippen molar-refractivity contribution in [3.8, 4) is 11.5 Å². The maximum atomic E-state index is 9.30. The number of aryl methyl sites for hydroxylation is 1. The van der Waals surface area contributed by atoms with Crippen molar-refractivity contribution in [2.75, 3.05) is 5.33 Å². The highest BCUT2D eigenvalue weighted by Gasteiger charge is 1.99. The lowest BCUT2D eigenvalue weighted by molar-refractivity contribution is 0.449. The van der Waals surface area contributed by atoms with E-state index in [2.05, 4.69) is 15.9 Å². The summed E-state index contributed by atoms with van der Waals surface area (Å²) < 4.78 is 0. The number of rotatable bonds is 7. The van der Waals surface area contributed by atoms with Gasteiger partial charge in [-0.25, -0.2) is 0 Å². The highest BCUT2D eigenvalue weighted by Crippen LogP contribution is 2.21. The van der Waals surface area contributed by atoms with Crippen molar-refractivity contribution in [2.45, 2.75) is 38.5 Å². The van der Waals surface area contributed by atoms with Gasteiger partial charge in [-0.2, -0.15) is 0 Å². The first-order valence-electron chi connectivity index (χ1n) is 5.80. The summed E-state index contributed by atoms with van der Waals surface area (Å²) >= 11 is 3.42. The number of aromatic hydroxyl groups is 2. The molecule has 0 bridgehead atoms. The molecule has 1 rings (SSSR count). The molecular formula is C13H19BrO2. The van der Waals surface area contributed by atoms with E-state index in [1.807, 2.05) is 0 Å². The summed E-state index contributed by atoms with van der Waals surface area (Å²) in [5, 5.41) is 19.7. The monoisotopic (exact) mass is 286 g/mol.